The van der Waals surface area contributed by atoms with Gasteiger partial charge < -0.3 is 14.5 Å². The number of benzene rings is 2. The number of aromatic nitrogens is 1. The molecule has 2 N–H and O–H groups in total. The number of rotatable bonds is 7. The SMILES string of the molecule is C[C@@H](NC(=O)c1coc(Oc2cccc(I)c2)n1)c1cc(F)c(NS(C)(=O)=O)c(F)c1. The molecule has 0 saturated carbocycles. The first-order valence-electron chi connectivity index (χ1n) is 8.68. The zero-order chi connectivity index (χ0) is 22.8. The summed E-state index contributed by atoms with van der Waals surface area (Å²) in [6, 6.07) is 8.13. The Kier molecular flexibility index (Phi) is 6.79. The van der Waals surface area contributed by atoms with Gasteiger partial charge in [0.25, 0.3) is 5.91 Å². The largest absolute Gasteiger partial charge is 0.416 e. The highest BCUT2D eigenvalue weighted by atomic mass is 127. The van der Waals surface area contributed by atoms with E-state index in [0.717, 1.165) is 28.2 Å². The predicted molar refractivity (Wildman–Crippen MR) is 116 cm³/mol. The molecule has 164 valence electrons. The third-order valence-corrected chi connectivity index (χ3v) is 5.16. The van der Waals surface area contributed by atoms with Gasteiger partial charge in [0.2, 0.25) is 10.0 Å². The van der Waals surface area contributed by atoms with Crippen molar-refractivity contribution in [2.24, 2.45) is 0 Å². The summed E-state index contributed by atoms with van der Waals surface area (Å²) in [7, 11) is -3.86. The number of carbonyl (C=O) groups excluding carboxylic acids is 1. The number of hydrogen-bond donors (Lipinski definition) is 2. The molecule has 1 heterocycles. The number of sulfonamides is 1. The van der Waals surface area contributed by atoms with Gasteiger partial charge in [-0.15, -0.1) is 0 Å². The normalized spacial score (nSPS) is 12.3. The van der Waals surface area contributed by atoms with Crippen LogP contribution in [0.25, 0.3) is 0 Å². The standard InChI is InChI=1S/C19H16F2IN3O5S/c1-10(11-6-14(20)17(15(21)7-11)25-31(2,27)28)23-18(26)16-9-29-19(24-16)30-13-5-3-4-12(22)8-13/h3-10,25H,1-2H3,(H,23,26)/t10-/m1/s1. The Hall–Kier alpha value is -2.74. The van der Waals surface area contributed by atoms with Gasteiger partial charge in [-0.25, -0.2) is 17.2 Å². The summed E-state index contributed by atoms with van der Waals surface area (Å²) in [6.45, 7) is 1.50. The maximum atomic E-state index is 14.2. The van der Waals surface area contributed by atoms with Crippen LogP contribution in [0.15, 0.2) is 47.1 Å². The average molecular weight is 563 g/mol. The number of halogens is 3. The first kappa shape index (κ1) is 22.9. The number of hydrogen-bond acceptors (Lipinski definition) is 6. The minimum absolute atomic E-state index is 0.0845. The lowest BCUT2D eigenvalue weighted by Crippen LogP contribution is -2.27. The Morgan fingerprint density at radius 3 is 2.52 bits per heavy atom. The van der Waals surface area contributed by atoms with E-state index in [0.29, 0.717) is 5.75 Å². The number of oxazole rings is 1. The molecule has 3 aromatic rings. The predicted octanol–water partition coefficient (Wildman–Crippen LogP) is 4.21. The Morgan fingerprint density at radius 1 is 1.23 bits per heavy atom. The average Bonchev–Trinajstić information content (AvgIpc) is 3.12. The third-order valence-electron chi connectivity index (χ3n) is 3.92. The second kappa shape index (κ2) is 9.18. The van der Waals surface area contributed by atoms with E-state index in [-0.39, 0.29) is 17.3 Å². The topological polar surface area (TPSA) is 111 Å². The Morgan fingerprint density at radius 2 is 1.90 bits per heavy atom. The van der Waals surface area contributed by atoms with Crippen molar-refractivity contribution in [2.45, 2.75) is 13.0 Å². The molecule has 12 heteroatoms. The molecule has 1 atom stereocenters. The number of nitrogens with zero attached hydrogens (tertiary/aromatic N) is 1. The molecule has 0 saturated heterocycles. The minimum Gasteiger partial charge on any atom is -0.416 e. The molecule has 2 aromatic carbocycles. The molecule has 31 heavy (non-hydrogen) atoms. The van der Waals surface area contributed by atoms with E-state index in [1.165, 1.54) is 6.92 Å². The molecule has 0 radical (unpaired) electrons. The maximum absolute atomic E-state index is 14.2. The molecule has 0 spiro atoms. The van der Waals surface area contributed by atoms with E-state index in [1.54, 1.807) is 22.9 Å². The van der Waals surface area contributed by atoms with E-state index in [4.69, 9.17) is 9.15 Å². The van der Waals surface area contributed by atoms with Crippen molar-refractivity contribution in [3.63, 3.8) is 0 Å². The van der Waals surface area contributed by atoms with Crippen molar-refractivity contribution < 1.29 is 31.1 Å². The van der Waals surface area contributed by atoms with Gasteiger partial charge in [-0.05, 0) is 65.4 Å². The summed E-state index contributed by atoms with van der Waals surface area (Å²) in [5.74, 6) is -2.41. The van der Waals surface area contributed by atoms with Gasteiger partial charge in [0, 0.05) is 3.57 Å². The van der Waals surface area contributed by atoms with E-state index < -0.39 is 39.3 Å². The van der Waals surface area contributed by atoms with E-state index >= 15 is 0 Å². The van der Waals surface area contributed by atoms with Crippen LogP contribution in [0.4, 0.5) is 14.5 Å². The van der Waals surface area contributed by atoms with Crippen molar-refractivity contribution >= 4 is 44.2 Å². The number of nitrogens with one attached hydrogen (secondary N) is 2. The van der Waals surface area contributed by atoms with Crippen LogP contribution in [0, 0.1) is 15.2 Å². The van der Waals surface area contributed by atoms with Crippen molar-refractivity contribution in [1.29, 1.82) is 0 Å². The quantitative estimate of drug-likeness (QED) is 0.417. The molecule has 0 fully saturated rings. The monoisotopic (exact) mass is 563 g/mol. The van der Waals surface area contributed by atoms with Gasteiger partial charge in [-0.2, -0.15) is 4.98 Å². The molecule has 3 rings (SSSR count). The zero-order valence-electron chi connectivity index (χ0n) is 16.1. The molecule has 1 aromatic heterocycles. The van der Waals surface area contributed by atoms with Gasteiger partial charge in [-0.3, -0.25) is 9.52 Å². The molecule has 1 amide bonds. The first-order chi connectivity index (χ1) is 14.5. The molecular weight excluding hydrogens is 547 g/mol. The summed E-state index contributed by atoms with van der Waals surface area (Å²) in [5.41, 5.74) is -0.802. The lowest BCUT2D eigenvalue weighted by molar-refractivity contribution is 0.0934. The molecule has 0 bridgehead atoms. The zero-order valence-corrected chi connectivity index (χ0v) is 19.1. The van der Waals surface area contributed by atoms with Crippen LogP contribution < -0.4 is 14.8 Å². The van der Waals surface area contributed by atoms with E-state index in [2.05, 4.69) is 32.9 Å². The molecule has 0 unspecified atom stereocenters. The summed E-state index contributed by atoms with van der Waals surface area (Å²) >= 11 is 2.11. The summed E-state index contributed by atoms with van der Waals surface area (Å²) in [4.78, 5) is 16.3. The van der Waals surface area contributed by atoms with Crippen LogP contribution in [0.5, 0.6) is 11.8 Å². The van der Waals surface area contributed by atoms with Crippen LogP contribution in [0.2, 0.25) is 0 Å². The van der Waals surface area contributed by atoms with Gasteiger partial charge in [0.15, 0.2) is 17.3 Å². The van der Waals surface area contributed by atoms with Gasteiger partial charge >= 0.3 is 6.08 Å². The van der Waals surface area contributed by atoms with Crippen LogP contribution in [0.3, 0.4) is 0 Å². The Labute approximate surface area is 190 Å². The molecule has 8 nitrogen and oxygen atoms in total. The number of carbonyl (C=O) groups is 1. The second-order valence-electron chi connectivity index (χ2n) is 6.49. The van der Waals surface area contributed by atoms with E-state index in [1.807, 2.05) is 6.07 Å². The lowest BCUT2D eigenvalue weighted by Gasteiger charge is -2.15. The summed E-state index contributed by atoms with van der Waals surface area (Å²) in [6.07, 6.45) is 1.72. The molecule has 0 aliphatic rings. The third kappa shape index (κ3) is 6.13. The maximum Gasteiger partial charge on any atom is 0.399 e. The number of anilines is 1. The minimum atomic E-state index is -3.86. The van der Waals surface area contributed by atoms with Crippen molar-refractivity contribution in [3.05, 3.63) is 69.1 Å². The fourth-order valence-corrected chi connectivity index (χ4v) is 3.60. The van der Waals surface area contributed by atoms with Gasteiger partial charge in [0.1, 0.15) is 17.7 Å². The first-order valence-corrected chi connectivity index (χ1v) is 11.7. The molecular formula is C19H16F2IN3O5S. The number of ether oxygens (including phenoxy) is 1. The summed E-state index contributed by atoms with van der Waals surface area (Å²) in [5, 5.41) is 2.53. The Bertz CT molecular complexity index is 1210. The van der Waals surface area contributed by atoms with Crippen molar-refractivity contribution in [1.82, 2.24) is 10.3 Å². The van der Waals surface area contributed by atoms with Crippen molar-refractivity contribution in [3.8, 4) is 11.8 Å². The Balaban J connectivity index is 1.70. The molecule has 0 aliphatic heterocycles. The lowest BCUT2D eigenvalue weighted by atomic mass is 10.1. The fraction of sp³-hybridized carbons (Fsp3) is 0.158. The van der Waals surface area contributed by atoms with Crippen molar-refractivity contribution in [2.75, 3.05) is 11.0 Å². The summed E-state index contributed by atoms with van der Waals surface area (Å²) < 4.78 is 64.1. The van der Waals surface area contributed by atoms with E-state index in [9.17, 15) is 22.0 Å². The van der Waals surface area contributed by atoms with Crippen LogP contribution in [-0.4, -0.2) is 25.6 Å². The highest BCUT2D eigenvalue weighted by molar-refractivity contribution is 14.1. The van der Waals surface area contributed by atoms with Gasteiger partial charge in [-0.1, -0.05) is 6.07 Å². The van der Waals surface area contributed by atoms with Crippen LogP contribution in [-0.2, 0) is 10.0 Å². The highest BCUT2D eigenvalue weighted by Crippen LogP contribution is 2.26. The van der Waals surface area contributed by atoms with Crippen LogP contribution in [0.1, 0.15) is 29.0 Å². The fourth-order valence-electron chi connectivity index (χ4n) is 2.52. The second-order valence-corrected chi connectivity index (χ2v) is 9.48. The highest BCUT2D eigenvalue weighted by Gasteiger charge is 2.20. The number of amides is 1. The smallest absolute Gasteiger partial charge is 0.399 e. The van der Waals surface area contributed by atoms with Gasteiger partial charge in [0.05, 0.1) is 12.3 Å². The molecule has 0 aliphatic carbocycles. The van der Waals surface area contributed by atoms with Crippen LogP contribution >= 0.6 is 22.6 Å².